The molecule has 2 aromatic carbocycles. The smallest absolute Gasteiger partial charge is 0.276 e. The molecule has 2 heterocycles. The molecule has 0 radical (unpaired) electrons. The second-order valence-corrected chi connectivity index (χ2v) is 8.18. The van der Waals surface area contributed by atoms with Gasteiger partial charge in [0.1, 0.15) is 12.4 Å². The van der Waals surface area contributed by atoms with E-state index in [9.17, 15) is 4.79 Å². The van der Waals surface area contributed by atoms with Gasteiger partial charge in [0.25, 0.3) is 5.56 Å². The zero-order chi connectivity index (χ0) is 20.9. The van der Waals surface area contributed by atoms with E-state index in [0.29, 0.717) is 29.9 Å². The topological polar surface area (TPSA) is 85.7 Å². The van der Waals surface area contributed by atoms with Crippen molar-refractivity contribution in [3.63, 3.8) is 0 Å². The monoisotopic (exact) mass is 529 g/mol. The lowest BCUT2D eigenvalue weighted by Gasteiger charge is -2.13. The molecule has 2 aromatic heterocycles. The number of nitrogens with one attached hydrogen (secondary N) is 1. The van der Waals surface area contributed by atoms with E-state index in [1.807, 2.05) is 54.6 Å². The lowest BCUT2D eigenvalue weighted by Crippen LogP contribution is -2.19. The van der Waals surface area contributed by atoms with Gasteiger partial charge in [-0.15, -0.1) is 15.0 Å². The minimum Gasteiger partial charge on any atom is -0.489 e. The number of rotatable bonds is 7. The molecule has 0 saturated carbocycles. The van der Waals surface area contributed by atoms with Crippen molar-refractivity contribution in [3.8, 4) is 11.4 Å². The molecule has 4 rings (SSSR count). The standard InChI is InChI=1S/C21H17Br2N5O2/c22-17-8-9-18(30-13-14-4-2-1-3-5-14)16(12-17)7-6-15-10-11-24-20(29)19(15)28-26-21(23)25-27-28/h1-5,8-12H,6-7,13H2,(H,24,29). The fourth-order valence-electron chi connectivity index (χ4n) is 3.11. The Kier molecular flexibility index (Phi) is 6.39. The number of pyridine rings is 1. The highest BCUT2D eigenvalue weighted by Crippen LogP contribution is 2.26. The molecule has 30 heavy (non-hydrogen) atoms. The largest absolute Gasteiger partial charge is 0.489 e. The van der Waals surface area contributed by atoms with Gasteiger partial charge in [0.2, 0.25) is 4.73 Å². The Hall–Kier alpha value is -2.78. The van der Waals surface area contributed by atoms with E-state index in [0.717, 1.165) is 26.9 Å². The number of H-pyrrole nitrogens is 1. The molecule has 0 saturated heterocycles. The second kappa shape index (κ2) is 9.36. The van der Waals surface area contributed by atoms with Crippen molar-refractivity contribution < 1.29 is 4.74 Å². The van der Waals surface area contributed by atoms with Gasteiger partial charge < -0.3 is 9.72 Å². The van der Waals surface area contributed by atoms with Gasteiger partial charge in [-0.05, 0) is 74.9 Å². The van der Waals surface area contributed by atoms with Crippen molar-refractivity contribution in [2.75, 3.05) is 0 Å². The number of aryl methyl sites for hydroxylation is 2. The summed E-state index contributed by atoms with van der Waals surface area (Å²) in [7, 11) is 0. The van der Waals surface area contributed by atoms with Crippen LogP contribution in [-0.2, 0) is 19.4 Å². The molecule has 0 aliphatic carbocycles. The van der Waals surface area contributed by atoms with E-state index in [-0.39, 0.29) is 5.56 Å². The Labute approximate surface area is 189 Å². The number of aromatic amines is 1. The van der Waals surface area contributed by atoms with Crippen molar-refractivity contribution in [3.05, 3.63) is 97.0 Å². The lowest BCUT2D eigenvalue weighted by atomic mass is 10.0. The van der Waals surface area contributed by atoms with Crippen molar-refractivity contribution in [1.82, 2.24) is 25.2 Å². The number of ether oxygens (including phenoxy) is 1. The van der Waals surface area contributed by atoms with Crippen LogP contribution in [0.1, 0.15) is 16.7 Å². The average Bonchev–Trinajstić information content (AvgIpc) is 3.18. The summed E-state index contributed by atoms with van der Waals surface area (Å²) in [4.78, 5) is 16.3. The highest BCUT2D eigenvalue weighted by molar-refractivity contribution is 9.10. The van der Waals surface area contributed by atoms with E-state index in [1.165, 1.54) is 4.80 Å². The van der Waals surface area contributed by atoms with Crippen LogP contribution >= 0.6 is 31.9 Å². The number of aromatic nitrogens is 5. The first kappa shape index (κ1) is 20.5. The maximum atomic E-state index is 12.4. The first-order chi connectivity index (χ1) is 14.6. The van der Waals surface area contributed by atoms with Crippen LogP contribution in [0.2, 0.25) is 0 Å². The number of nitrogens with zero attached hydrogens (tertiary/aromatic N) is 4. The fourth-order valence-corrected chi connectivity index (χ4v) is 3.74. The molecule has 9 heteroatoms. The lowest BCUT2D eigenvalue weighted by molar-refractivity contribution is 0.303. The Morgan fingerprint density at radius 1 is 1.00 bits per heavy atom. The van der Waals surface area contributed by atoms with Crippen LogP contribution in [0.4, 0.5) is 0 Å². The third-order valence-corrected chi connectivity index (χ3v) is 5.34. The number of hydrogen-bond acceptors (Lipinski definition) is 5. The van der Waals surface area contributed by atoms with Crippen molar-refractivity contribution in [1.29, 1.82) is 0 Å². The van der Waals surface area contributed by atoms with Crippen molar-refractivity contribution >= 4 is 31.9 Å². The van der Waals surface area contributed by atoms with Crippen LogP contribution in [0.3, 0.4) is 0 Å². The summed E-state index contributed by atoms with van der Waals surface area (Å²) in [6, 6.07) is 17.8. The predicted molar refractivity (Wildman–Crippen MR) is 120 cm³/mol. The second-order valence-electron chi connectivity index (χ2n) is 6.55. The highest BCUT2D eigenvalue weighted by Gasteiger charge is 2.14. The van der Waals surface area contributed by atoms with Crippen LogP contribution in [-0.4, -0.2) is 25.2 Å². The average molecular weight is 531 g/mol. The first-order valence-electron chi connectivity index (χ1n) is 9.22. The van der Waals surface area contributed by atoms with Gasteiger partial charge in [-0.3, -0.25) is 4.79 Å². The van der Waals surface area contributed by atoms with Gasteiger partial charge >= 0.3 is 0 Å². The van der Waals surface area contributed by atoms with E-state index in [2.05, 4.69) is 52.3 Å². The summed E-state index contributed by atoms with van der Waals surface area (Å²) in [5.41, 5.74) is 3.05. The van der Waals surface area contributed by atoms with Crippen LogP contribution in [0.25, 0.3) is 5.69 Å². The van der Waals surface area contributed by atoms with E-state index < -0.39 is 0 Å². The molecule has 4 aromatic rings. The molecule has 0 atom stereocenters. The SMILES string of the molecule is O=c1[nH]ccc(CCc2cc(Br)ccc2OCc2ccccc2)c1-n1nnc(Br)n1. The predicted octanol–water partition coefficient (Wildman–Crippen LogP) is 4.24. The molecular formula is C21H17Br2N5O2. The summed E-state index contributed by atoms with van der Waals surface area (Å²) in [6.45, 7) is 0.489. The number of halogens is 2. The summed E-state index contributed by atoms with van der Waals surface area (Å²) in [5, 5.41) is 11.8. The van der Waals surface area contributed by atoms with Gasteiger partial charge in [-0.2, -0.15) is 0 Å². The Balaban J connectivity index is 1.56. The molecule has 152 valence electrons. The first-order valence-corrected chi connectivity index (χ1v) is 10.8. The summed E-state index contributed by atoms with van der Waals surface area (Å²) in [5.74, 6) is 0.815. The third-order valence-electron chi connectivity index (χ3n) is 4.53. The zero-order valence-electron chi connectivity index (χ0n) is 15.8. The van der Waals surface area contributed by atoms with Crippen molar-refractivity contribution in [2.24, 2.45) is 0 Å². The Morgan fingerprint density at radius 2 is 1.80 bits per heavy atom. The van der Waals surface area contributed by atoms with Gasteiger partial charge in [-0.1, -0.05) is 46.3 Å². The quantitative estimate of drug-likeness (QED) is 0.386. The summed E-state index contributed by atoms with van der Waals surface area (Å²) in [6.07, 6.45) is 2.91. The fraction of sp³-hybridized carbons (Fsp3) is 0.143. The maximum absolute atomic E-state index is 12.4. The molecule has 7 nitrogen and oxygen atoms in total. The molecule has 0 aliphatic heterocycles. The Morgan fingerprint density at radius 3 is 2.57 bits per heavy atom. The van der Waals surface area contributed by atoms with Crippen LogP contribution in [0, 0.1) is 0 Å². The molecule has 0 unspecified atom stereocenters. The molecule has 0 amide bonds. The maximum Gasteiger partial charge on any atom is 0.276 e. The number of hydrogen-bond donors (Lipinski definition) is 1. The highest BCUT2D eigenvalue weighted by atomic mass is 79.9. The van der Waals surface area contributed by atoms with Gasteiger partial charge in [-0.25, -0.2) is 0 Å². The van der Waals surface area contributed by atoms with Crippen molar-refractivity contribution in [2.45, 2.75) is 19.4 Å². The molecule has 0 aliphatic rings. The van der Waals surface area contributed by atoms with E-state index in [4.69, 9.17) is 4.74 Å². The summed E-state index contributed by atoms with van der Waals surface area (Å²) >= 11 is 6.70. The number of tetrazole rings is 1. The molecule has 0 spiro atoms. The van der Waals surface area contributed by atoms with Crippen LogP contribution < -0.4 is 10.3 Å². The molecule has 0 fully saturated rings. The minimum absolute atomic E-state index is 0.271. The summed E-state index contributed by atoms with van der Waals surface area (Å²) < 4.78 is 7.36. The van der Waals surface area contributed by atoms with E-state index >= 15 is 0 Å². The minimum atomic E-state index is -0.271. The molecular weight excluding hydrogens is 514 g/mol. The Bertz CT molecular complexity index is 1210. The molecule has 1 N–H and O–H groups in total. The normalized spacial score (nSPS) is 10.9. The number of benzene rings is 2. The third kappa shape index (κ3) is 4.85. The van der Waals surface area contributed by atoms with Crippen LogP contribution in [0.15, 0.2) is 74.8 Å². The van der Waals surface area contributed by atoms with E-state index in [1.54, 1.807) is 6.20 Å². The van der Waals surface area contributed by atoms with Gasteiger partial charge in [0.15, 0.2) is 5.69 Å². The van der Waals surface area contributed by atoms with Gasteiger partial charge in [0.05, 0.1) is 0 Å². The van der Waals surface area contributed by atoms with Crippen LogP contribution in [0.5, 0.6) is 5.75 Å². The molecule has 0 bridgehead atoms. The zero-order valence-corrected chi connectivity index (χ0v) is 18.9. The van der Waals surface area contributed by atoms with Gasteiger partial charge in [0, 0.05) is 10.7 Å².